The van der Waals surface area contributed by atoms with E-state index >= 15 is 0 Å². The average molecular weight is 450 g/mol. The molecule has 1 fully saturated rings. The summed E-state index contributed by atoms with van der Waals surface area (Å²) in [6.07, 6.45) is 1.62. The number of hydrogen-bond acceptors (Lipinski definition) is 5. The van der Waals surface area contributed by atoms with Crippen LogP contribution in [0.25, 0.3) is 6.08 Å². The van der Waals surface area contributed by atoms with Gasteiger partial charge in [-0.25, -0.2) is 4.39 Å². The van der Waals surface area contributed by atoms with Crippen molar-refractivity contribution in [3.63, 3.8) is 0 Å². The Hall–Kier alpha value is -3.58. The van der Waals surface area contributed by atoms with Gasteiger partial charge in [-0.2, -0.15) is 0 Å². The Balaban J connectivity index is 1.43. The van der Waals surface area contributed by atoms with Gasteiger partial charge in [0, 0.05) is 11.1 Å². The lowest BCUT2D eigenvalue weighted by molar-refractivity contribution is -0.123. The fourth-order valence-corrected chi connectivity index (χ4v) is 3.96. The normalized spacial score (nSPS) is 14.8. The predicted molar refractivity (Wildman–Crippen MR) is 122 cm³/mol. The summed E-state index contributed by atoms with van der Waals surface area (Å²) in [4.78, 5) is 26.5. The van der Waals surface area contributed by atoms with Crippen molar-refractivity contribution in [3.05, 3.63) is 101 Å². The minimum atomic E-state index is -0.453. The number of amides is 2. The highest BCUT2D eigenvalue weighted by Crippen LogP contribution is 2.35. The molecule has 1 heterocycles. The summed E-state index contributed by atoms with van der Waals surface area (Å²) in [5, 5.41) is -0.431. The lowest BCUT2D eigenvalue weighted by atomic mass is 10.1. The van der Waals surface area contributed by atoms with Crippen LogP contribution in [0.4, 0.5) is 9.18 Å². The summed E-state index contributed by atoms with van der Waals surface area (Å²) in [5.41, 5.74) is 0.960. The first-order valence-electron chi connectivity index (χ1n) is 10.0. The second kappa shape index (κ2) is 10.2. The molecule has 5 nitrogen and oxygen atoms in total. The lowest BCUT2D eigenvalue weighted by Gasteiger charge is -2.13. The third-order valence-corrected chi connectivity index (χ3v) is 5.63. The van der Waals surface area contributed by atoms with E-state index in [2.05, 4.69) is 0 Å². The Morgan fingerprint density at radius 3 is 2.34 bits per heavy atom. The zero-order valence-electron chi connectivity index (χ0n) is 17.1. The maximum absolute atomic E-state index is 14.0. The molecule has 0 bridgehead atoms. The van der Waals surface area contributed by atoms with E-state index in [0.29, 0.717) is 24.5 Å². The molecule has 3 aromatic carbocycles. The van der Waals surface area contributed by atoms with Crippen LogP contribution in [0.3, 0.4) is 0 Å². The molecule has 3 aromatic rings. The molecule has 7 heteroatoms. The van der Waals surface area contributed by atoms with E-state index in [0.717, 1.165) is 22.4 Å². The van der Waals surface area contributed by atoms with Crippen molar-refractivity contribution >= 4 is 29.0 Å². The van der Waals surface area contributed by atoms with Crippen LogP contribution in [-0.2, 0) is 11.3 Å². The van der Waals surface area contributed by atoms with Gasteiger partial charge >= 0.3 is 0 Å². The Bertz CT molecular complexity index is 1150. The van der Waals surface area contributed by atoms with Crippen LogP contribution in [0.2, 0.25) is 0 Å². The van der Waals surface area contributed by atoms with Crippen molar-refractivity contribution < 1.29 is 23.5 Å². The van der Waals surface area contributed by atoms with Crippen molar-refractivity contribution in [2.45, 2.75) is 6.54 Å². The van der Waals surface area contributed by atoms with Crippen LogP contribution in [0, 0.1) is 5.82 Å². The number of halogens is 1. The van der Waals surface area contributed by atoms with Crippen molar-refractivity contribution in [1.82, 2.24) is 4.90 Å². The van der Waals surface area contributed by atoms with Crippen LogP contribution in [0.15, 0.2) is 83.8 Å². The maximum Gasteiger partial charge on any atom is 0.293 e. The molecular weight excluding hydrogens is 429 g/mol. The number of carbonyl (C=O) groups excluding carboxylic acids is 2. The highest BCUT2D eigenvalue weighted by Gasteiger charge is 2.35. The standard InChI is InChI=1S/C25H20FNO4S/c26-21-12-6-4-9-19(21)17-27-24(28)23(32-25(27)29)16-18-8-5-7-13-22(18)31-15-14-30-20-10-2-1-3-11-20/h1-13,16H,14-15,17H2/b23-16-. The molecule has 0 aliphatic carbocycles. The monoisotopic (exact) mass is 449 g/mol. The summed E-state index contributed by atoms with van der Waals surface area (Å²) in [6.45, 7) is 0.565. The second-order valence-corrected chi connectivity index (χ2v) is 7.90. The number of benzene rings is 3. The van der Waals surface area contributed by atoms with Gasteiger partial charge in [0.1, 0.15) is 30.5 Å². The van der Waals surface area contributed by atoms with Crippen molar-refractivity contribution in [1.29, 1.82) is 0 Å². The van der Waals surface area contributed by atoms with Gasteiger partial charge in [0.05, 0.1) is 11.4 Å². The number of rotatable bonds is 8. The minimum Gasteiger partial charge on any atom is -0.490 e. The molecule has 0 aromatic heterocycles. The van der Waals surface area contributed by atoms with E-state index in [1.165, 1.54) is 6.07 Å². The van der Waals surface area contributed by atoms with Crippen LogP contribution < -0.4 is 9.47 Å². The molecule has 0 unspecified atom stereocenters. The van der Waals surface area contributed by atoms with Crippen molar-refractivity contribution in [3.8, 4) is 11.5 Å². The van der Waals surface area contributed by atoms with E-state index in [1.54, 1.807) is 36.4 Å². The number of nitrogens with zero attached hydrogens (tertiary/aromatic N) is 1. The third-order valence-electron chi connectivity index (χ3n) is 4.72. The molecule has 1 aliphatic heterocycles. The number of para-hydroxylation sites is 2. The van der Waals surface area contributed by atoms with Crippen LogP contribution in [0.5, 0.6) is 11.5 Å². The maximum atomic E-state index is 14.0. The summed E-state index contributed by atoms with van der Waals surface area (Å²) < 4.78 is 25.4. The summed E-state index contributed by atoms with van der Waals surface area (Å²) in [6, 6.07) is 22.8. The van der Waals surface area contributed by atoms with Crippen molar-refractivity contribution in [2.24, 2.45) is 0 Å². The zero-order valence-corrected chi connectivity index (χ0v) is 17.9. The Labute approximate surface area is 189 Å². The average Bonchev–Trinajstić information content (AvgIpc) is 3.07. The molecule has 0 saturated carbocycles. The highest BCUT2D eigenvalue weighted by atomic mass is 32.2. The van der Waals surface area contributed by atoms with Crippen LogP contribution in [0.1, 0.15) is 11.1 Å². The van der Waals surface area contributed by atoms with E-state index in [4.69, 9.17) is 9.47 Å². The van der Waals surface area contributed by atoms with Crippen LogP contribution in [-0.4, -0.2) is 29.3 Å². The van der Waals surface area contributed by atoms with Crippen molar-refractivity contribution in [2.75, 3.05) is 13.2 Å². The smallest absolute Gasteiger partial charge is 0.293 e. The zero-order chi connectivity index (χ0) is 22.3. The topological polar surface area (TPSA) is 55.8 Å². The molecular formula is C25H20FNO4S. The number of imide groups is 1. The molecule has 2 amide bonds. The number of ether oxygens (including phenoxy) is 2. The van der Waals surface area contributed by atoms with Gasteiger partial charge in [0.15, 0.2) is 0 Å². The van der Waals surface area contributed by atoms with E-state index in [1.807, 2.05) is 42.5 Å². The molecule has 0 atom stereocenters. The first-order chi connectivity index (χ1) is 15.6. The molecule has 4 rings (SSSR count). The largest absolute Gasteiger partial charge is 0.490 e. The first-order valence-corrected chi connectivity index (χ1v) is 10.8. The Kier molecular flexibility index (Phi) is 6.87. The quantitative estimate of drug-likeness (QED) is 0.335. The van der Waals surface area contributed by atoms with E-state index in [-0.39, 0.29) is 17.0 Å². The molecule has 32 heavy (non-hydrogen) atoms. The summed E-state index contributed by atoms with van der Waals surface area (Å²) in [7, 11) is 0. The van der Waals surface area contributed by atoms with E-state index in [9.17, 15) is 14.0 Å². The first kappa shape index (κ1) is 21.6. The number of carbonyl (C=O) groups is 2. The molecule has 1 saturated heterocycles. The minimum absolute atomic E-state index is 0.107. The SMILES string of the molecule is O=C1S/C(=C\c2ccccc2OCCOc2ccccc2)C(=O)N1Cc1ccccc1F. The lowest BCUT2D eigenvalue weighted by Crippen LogP contribution is -2.27. The fourth-order valence-electron chi connectivity index (χ4n) is 3.13. The highest BCUT2D eigenvalue weighted by molar-refractivity contribution is 8.18. The summed E-state index contributed by atoms with van der Waals surface area (Å²) >= 11 is 0.832. The van der Waals surface area contributed by atoms with Crippen LogP contribution >= 0.6 is 11.8 Å². The molecule has 0 spiro atoms. The van der Waals surface area contributed by atoms with E-state index < -0.39 is 17.0 Å². The van der Waals surface area contributed by atoms with Gasteiger partial charge in [-0.3, -0.25) is 14.5 Å². The molecule has 162 valence electrons. The fraction of sp³-hybridized carbons (Fsp3) is 0.120. The summed E-state index contributed by atoms with van der Waals surface area (Å²) in [5.74, 6) is 0.426. The molecule has 1 aliphatic rings. The van der Waals surface area contributed by atoms with Gasteiger partial charge < -0.3 is 9.47 Å². The number of hydrogen-bond donors (Lipinski definition) is 0. The van der Waals surface area contributed by atoms with Gasteiger partial charge in [-0.1, -0.05) is 54.6 Å². The second-order valence-electron chi connectivity index (χ2n) is 6.91. The molecule has 0 radical (unpaired) electrons. The van der Waals surface area contributed by atoms with Gasteiger partial charge in [0.25, 0.3) is 11.1 Å². The number of thioether (sulfide) groups is 1. The Morgan fingerprint density at radius 2 is 1.53 bits per heavy atom. The Morgan fingerprint density at radius 1 is 0.844 bits per heavy atom. The van der Waals surface area contributed by atoms with Gasteiger partial charge in [-0.15, -0.1) is 0 Å². The van der Waals surface area contributed by atoms with Gasteiger partial charge in [-0.05, 0) is 42.1 Å². The van der Waals surface area contributed by atoms with Gasteiger partial charge in [0.2, 0.25) is 0 Å². The predicted octanol–water partition coefficient (Wildman–Crippen LogP) is 5.52. The third kappa shape index (κ3) is 5.18. The molecule has 0 N–H and O–H groups in total.